The van der Waals surface area contributed by atoms with Gasteiger partial charge < -0.3 is 4.90 Å². The summed E-state index contributed by atoms with van der Waals surface area (Å²) >= 11 is 0. The van der Waals surface area contributed by atoms with Crippen LogP contribution in [0.25, 0.3) is 0 Å². The molecule has 0 aliphatic carbocycles. The van der Waals surface area contributed by atoms with Gasteiger partial charge in [0, 0.05) is 18.6 Å². The molecule has 2 nitrogen and oxygen atoms in total. The summed E-state index contributed by atoms with van der Waals surface area (Å²) < 4.78 is 0. The molecule has 1 aliphatic heterocycles. The van der Waals surface area contributed by atoms with E-state index in [9.17, 15) is 0 Å². The first-order valence-corrected chi connectivity index (χ1v) is 5.05. The maximum Gasteiger partial charge on any atom is 0.0191 e. The molecule has 1 saturated heterocycles. The molecule has 1 fully saturated rings. The van der Waals surface area contributed by atoms with Crippen LogP contribution in [0.15, 0.2) is 0 Å². The van der Waals surface area contributed by atoms with E-state index < -0.39 is 0 Å². The highest BCUT2D eigenvalue weighted by atomic mass is 15.2. The van der Waals surface area contributed by atoms with E-state index in [1.807, 2.05) is 0 Å². The molecule has 0 spiro atoms. The van der Waals surface area contributed by atoms with Crippen LogP contribution in [0.1, 0.15) is 27.2 Å². The van der Waals surface area contributed by atoms with Gasteiger partial charge in [0.1, 0.15) is 0 Å². The highest BCUT2D eigenvalue weighted by molar-refractivity contribution is 4.76. The van der Waals surface area contributed by atoms with Gasteiger partial charge in [0.15, 0.2) is 0 Å². The molecule has 12 heavy (non-hydrogen) atoms. The average molecular weight is 170 g/mol. The molecule has 2 heteroatoms. The molecule has 0 aromatic heterocycles. The number of hydrogen-bond acceptors (Lipinski definition) is 2. The molecule has 0 amide bonds. The fraction of sp³-hybridized carbons (Fsp3) is 1.00. The van der Waals surface area contributed by atoms with E-state index in [0.717, 1.165) is 6.04 Å². The Balaban J connectivity index is 2.48. The molecule has 0 aromatic rings. The minimum atomic E-state index is 0.707. The monoisotopic (exact) mass is 170 g/mol. The van der Waals surface area contributed by atoms with Crippen LogP contribution < -0.4 is 0 Å². The fourth-order valence-corrected chi connectivity index (χ4v) is 1.78. The summed E-state index contributed by atoms with van der Waals surface area (Å²) in [5.41, 5.74) is 0. The summed E-state index contributed by atoms with van der Waals surface area (Å²) in [7, 11) is 2.23. The molecule has 1 heterocycles. The van der Waals surface area contributed by atoms with E-state index in [4.69, 9.17) is 0 Å². The van der Waals surface area contributed by atoms with Gasteiger partial charge in [-0.15, -0.1) is 0 Å². The second-order valence-electron chi connectivity index (χ2n) is 4.27. The van der Waals surface area contributed by atoms with Crippen molar-refractivity contribution in [1.82, 2.24) is 9.80 Å². The zero-order valence-corrected chi connectivity index (χ0v) is 8.88. The van der Waals surface area contributed by atoms with Gasteiger partial charge in [-0.2, -0.15) is 0 Å². The smallest absolute Gasteiger partial charge is 0.0191 e. The molecule has 72 valence electrons. The first kappa shape index (κ1) is 10.0. The van der Waals surface area contributed by atoms with Crippen molar-refractivity contribution in [1.29, 1.82) is 0 Å². The molecule has 0 bridgehead atoms. The lowest BCUT2D eigenvalue weighted by atomic mass is 10.2. The third kappa shape index (κ3) is 2.46. The number of nitrogens with zero attached hydrogens (tertiary/aromatic N) is 2. The normalized spacial score (nSPS) is 29.2. The molecule has 1 aliphatic rings. The van der Waals surface area contributed by atoms with Crippen molar-refractivity contribution in [3.63, 3.8) is 0 Å². The molecular formula is C10H22N2. The first-order valence-electron chi connectivity index (χ1n) is 5.05. The Morgan fingerprint density at radius 2 is 1.92 bits per heavy atom. The molecule has 0 radical (unpaired) electrons. The molecule has 1 rings (SSSR count). The molecular weight excluding hydrogens is 148 g/mol. The lowest BCUT2D eigenvalue weighted by molar-refractivity contribution is 0.190. The van der Waals surface area contributed by atoms with Crippen LogP contribution in [0.3, 0.4) is 0 Å². The van der Waals surface area contributed by atoms with E-state index in [1.54, 1.807) is 0 Å². The van der Waals surface area contributed by atoms with Crippen LogP contribution in [-0.2, 0) is 0 Å². The molecule has 0 aromatic carbocycles. The van der Waals surface area contributed by atoms with Crippen LogP contribution >= 0.6 is 0 Å². The number of likely N-dealkylation sites (N-methyl/N-ethyl adjacent to an activating group) is 1. The van der Waals surface area contributed by atoms with Gasteiger partial charge in [-0.05, 0) is 47.3 Å². The summed E-state index contributed by atoms with van der Waals surface area (Å²) in [6.45, 7) is 10.7. The zero-order chi connectivity index (χ0) is 9.14. The topological polar surface area (TPSA) is 6.48 Å². The number of hydrogen-bond donors (Lipinski definition) is 0. The fourth-order valence-electron chi connectivity index (χ4n) is 1.78. The van der Waals surface area contributed by atoms with Crippen molar-refractivity contribution in [2.24, 2.45) is 0 Å². The van der Waals surface area contributed by atoms with E-state index in [2.05, 4.69) is 37.6 Å². The summed E-state index contributed by atoms with van der Waals surface area (Å²) in [6, 6.07) is 1.42. The standard InChI is InChI=1S/C10H22N2/c1-9(2)12-7-5-6-11(4)10(3)8-12/h9-10H,5-8H2,1-4H3/t10-/m0/s1. The molecule has 1 atom stereocenters. The highest BCUT2D eigenvalue weighted by Gasteiger charge is 2.19. The second kappa shape index (κ2) is 4.24. The van der Waals surface area contributed by atoms with Crippen LogP contribution in [0.4, 0.5) is 0 Å². The summed E-state index contributed by atoms with van der Waals surface area (Å²) in [5.74, 6) is 0. The van der Waals surface area contributed by atoms with Gasteiger partial charge in [-0.1, -0.05) is 0 Å². The van der Waals surface area contributed by atoms with Crippen molar-refractivity contribution in [3.05, 3.63) is 0 Å². The van der Waals surface area contributed by atoms with E-state index in [1.165, 1.54) is 26.1 Å². The lowest BCUT2D eigenvalue weighted by Gasteiger charge is -2.28. The maximum absolute atomic E-state index is 2.58. The van der Waals surface area contributed by atoms with Gasteiger partial charge >= 0.3 is 0 Å². The van der Waals surface area contributed by atoms with Crippen molar-refractivity contribution < 1.29 is 0 Å². The summed E-state index contributed by atoms with van der Waals surface area (Å²) in [6.07, 6.45) is 1.32. The number of rotatable bonds is 1. The van der Waals surface area contributed by atoms with Crippen LogP contribution in [0, 0.1) is 0 Å². The van der Waals surface area contributed by atoms with Crippen LogP contribution in [-0.4, -0.2) is 48.6 Å². The van der Waals surface area contributed by atoms with E-state index in [0.29, 0.717) is 6.04 Å². The van der Waals surface area contributed by atoms with Crippen LogP contribution in [0.2, 0.25) is 0 Å². The third-order valence-electron chi connectivity index (χ3n) is 2.94. The van der Waals surface area contributed by atoms with Gasteiger partial charge in [0.05, 0.1) is 0 Å². The van der Waals surface area contributed by atoms with Crippen molar-refractivity contribution in [3.8, 4) is 0 Å². The maximum atomic E-state index is 2.58. The van der Waals surface area contributed by atoms with Gasteiger partial charge in [-0.25, -0.2) is 0 Å². The van der Waals surface area contributed by atoms with Gasteiger partial charge in [0.2, 0.25) is 0 Å². The Morgan fingerprint density at radius 1 is 1.25 bits per heavy atom. The highest BCUT2D eigenvalue weighted by Crippen LogP contribution is 2.09. The van der Waals surface area contributed by atoms with Gasteiger partial charge in [-0.3, -0.25) is 4.90 Å². The minimum absolute atomic E-state index is 0.707. The van der Waals surface area contributed by atoms with Crippen LogP contribution in [0.5, 0.6) is 0 Å². The SMILES string of the molecule is CC(C)N1CCCN(C)[C@@H](C)C1. The minimum Gasteiger partial charge on any atom is -0.302 e. The predicted molar refractivity (Wildman–Crippen MR) is 53.4 cm³/mol. The Kier molecular flexibility index (Phi) is 3.53. The van der Waals surface area contributed by atoms with Crippen molar-refractivity contribution in [2.75, 3.05) is 26.7 Å². The largest absolute Gasteiger partial charge is 0.302 e. The predicted octanol–water partition coefficient (Wildman–Crippen LogP) is 1.42. The average Bonchev–Trinajstić information content (AvgIpc) is 2.15. The Bertz CT molecular complexity index is 134. The third-order valence-corrected chi connectivity index (χ3v) is 2.94. The molecule has 0 saturated carbocycles. The van der Waals surface area contributed by atoms with E-state index >= 15 is 0 Å². The molecule has 0 unspecified atom stereocenters. The summed E-state index contributed by atoms with van der Waals surface area (Å²) in [4.78, 5) is 5.04. The van der Waals surface area contributed by atoms with Gasteiger partial charge in [0.25, 0.3) is 0 Å². The summed E-state index contributed by atoms with van der Waals surface area (Å²) in [5, 5.41) is 0. The van der Waals surface area contributed by atoms with Crippen molar-refractivity contribution >= 4 is 0 Å². The van der Waals surface area contributed by atoms with E-state index in [-0.39, 0.29) is 0 Å². The first-order chi connectivity index (χ1) is 5.61. The Labute approximate surface area is 76.5 Å². The zero-order valence-electron chi connectivity index (χ0n) is 8.88. The Morgan fingerprint density at radius 3 is 2.50 bits per heavy atom. The Hall–Kier alpha value is -0.0800. The lowest BCUT2D eigenvalue weighted by Crippen LogP contribution is -2.39. The second-order valence-corrected chi connectivity index (χ2v) is 4.27. The van der Waals surface area contributed by atoms with Crippen molar-refractivity contribution in [2.45, 2.75) is 39.3 Å². The quantitative estimate of drug-likeness (QED) is 0.587. The molecule has 0 N–H and O–H groups in total.